The molecule has 3 aromatic rings. The number of carbonyl (C=O) groups excluding carboxylic acids is 1. The summed E-state index contributed by atoms with van der Waals surface area (Å²) in [7, 11) is 0. The first kappa shape index (κ1) is 16.4. The van der Waals surface area contributed by atoms with E-state index in [0.717, 1.165) is 16.3 Å². The van der Waals surface area contributed by atoms with E-state index < -0.39 is 12.2 Å². The zero-order chi connectivity index (χ0) is 16.9. The van der Waals surface area contributed by atoms with Crippen LogP contribution in [-0.2, 0) is 16.1 Å². The van der Waals surface area contributed by atoms with E-state index in [9.17, 15) is 9.90 Å². The van der Waals surface area contributed by atoms with Gasteiger partial charge in [-0.15, -0.1) is 0 Å². The van der Waals surface area contributed by atoms with Gasteiger partial charge in [-0.3, -0.25) is 4.79 Å². The van der Waals surface area contributed by atoms with E-state index in [1.807, 2.05) is 72.8 Å². The summed E-state index contributed by atoms with van der Waals surface area (Å²) in [6, 6.07) is 23.1. The van der Waals surface area contributed by atoms with E-state index in [0.29, 0.717) is 5.56 Å². The molecule has 1 N–H and O–H groups in total. The average molecular weight is 320 g/mol. The molecule has 0 aromatic heterocycles. The normalized spacial score (nSPS) is 13.6. The molecule has 0 aliphatic carbocycles. The number of benzene rings is 3. The van der Waals surface area contributed by atoms with Crippen LogP contribution in [0.15, 0.2) is 72.8 Å². The number of ether oxygens (including phenoxy) is 1. The van der Waals surface area contributed by atoms with Crippen molar-refractivity contribution in [3.8, 4) is 0 Å². The highest BCUT2D eigenvalue weighted by Crippen LogP contribution is 2.28. The first-order valence-corrected chi connectivity index (χ1v) is 7.98. The Hall–Kier alpha value is -2.49. The van der Waals surface area contributed by atoms with Gasteiger partial charge < -0.3 is 9.84 Å². The van der Waals surface area contributed by atoms with Gasteiger partial charge in [-0.25, -0.2) is 0 Å². The second-order valence-corrected chi connectivity index (χ2v) is 5.84. The zero-order valence-corrected chi connectivity index (χ0v) is 13.6. The molecule has 122 valence electrons. The first-order chi connectivity index (χ1) is 11.7. The molecule has 0 heterocycles. The Kier molecular flexibility index (Phi) is 5.04. The maximum absolute atomic E-state index is 12.0. The molecule has 2 atom stereocenters. The summed E-state index contributed by atoms with van der Waals surface area (Å²) in [6.45, 7) is 1.73. The Morgan fingerprint density at radius 2 is 1.62 bits per heavy atom. The number of rotatable bonds is 6. The summed E-state index contributed by atoms with van der Waals surface area (Å²) in [5.74, 6) is -0.189. The highest BCUT2D eigenvalue weighted by Gasteiger charge is 2.27. The van der Waals surface area contributed by atoms with Crippen LogP contribution in [0.4, 0.5) is 0 Å². The molecule has 0 saturated carbocycles. The third-order valence-electron chi connectivity index (χ3n) is 4.10. The van der Waals surface area contributed by atoms with Crippen molar-refractivity contribution < 1.29 is 14.6 Å². The van der Waals surface area contributed by atoms with Crippen LogP contribution in [-0.4, -0.2) is 17.0 Å². The largest absolute Gasteiger partial charge is 0.385 e. The molecule has 0 radical (unpaired) electrons. The summed E-state index contributed by atoms with van der Waals surface area (Å²) in [5.41, 5.74) is 1.68. The topological polar surface area (TPSA) is 46.5 Å². The highest BCUT2D eigenvalue weighted by molar-refractivity contribution is 5.88. The number of carbonyl (C=O) groups is 1. The van der Waals surface area contributed by atoms with Crippen LogP contribution in [0.1, 0.15) is 24.2 Å². The van der Waals surface area contributed by atoms with Crippen LogP contribution in [0, 0.1) is 0 Å². The minimum atomic E-state index is -1.00. The van der Waals surface area contributed by atoms with E-state index in [1.165, 1.54) is 6.92 Å². The predicted octanol–water partition coefficient (Wildman–Crippen LogP) is 4.05. The van der Waals surface area contributed by atoms with Crippen molar-refractivity contribution in [1.29, 1.82) is 0 Å². The molecule has 3 aromatic carbocycles. The van der Waals surface area contributed by atoms with Gasteiger partial charge >= 0.3 is 0 Å². The van der Waals surface area contributed by atoms with Gasteiger partial charge in [0, 0.05) is 0 Å². The van der Waals surface area contributed by atoms with Gasteiger partial charge in [-0.05, 0) is 28.8 Å². The molecule has 0 aliphatic heterocycles. The molecule has 0 bridgehead atoms. The van der Waals surface area contributed by atoms with Crippen LogP contribution >= 0.6 is 0 Å². The van der Waals surface area contributed by atoms with Crippen LogP contribution < -0.4 is 0 Å². The van der Waals surface area contributed by atoms with Crippen LogP contribution in [0.25, 0.3) is 10.8 Å². The smallest absolute Gasteiger partial charge is 0.161 e. The van der Waals surface area contributed by atoms with E-state index in [-0.39, 0.29) is 12.4 Å². The average Bonchev–Trinajstić information content (AvgIpc) is 2.62. The lowest BCUT2D eigenvalue weighted by molar-refractivity contribution is -0.137. The summed E-state index contributed by atoms with van der Waals surface area (Å²) < 4.78 is 5.76. The molecule has 3 nitrogen and oxygen atoms in total. The molecule has 3 heteroatoms. The van der Waals surface area contributed by atoms with E-state index in [4.69, 9.17) is 4.74 Å². The van der Waals surface area contributed by atoms with E-state index >= 15 is 0 Å². The monoisotopic (exact) mass is 320 g/mol. The number of Topliss-reactive ketones (excluding diaryl/α,β-unsaturated/α-hetero) is 1. The van der Waals surface area contributed by atoms with Gasteiger partial charge in [0.1, 0.15) is 12.2 Å². The number of hydrogen-bond donors (Lipinski definition) is 1. The van der Waals surface area contributed by atoms with E-state index in [1.54, 1.807) is 0 Å². The molecule has 0 aliphatic rings. The Labute approximate surface area is 141 Å². The van der Waals surface area contributed by atoms with Crippen LogP contribution in [0.5, 0.6) is 0 Å². The van der Waals surface area contributed by atoms with Crippen molar-refractivity contribution in [2.75, 3.05) is 0 Å². The molecule has 0 unspecified atom stereocenters. The third kappa shape index (κ3) is 3.53. The lowest BCUT2D eigenvalue weighted by Crippen LogP contribution is -2.29. The first-order valence-electron chi connectivity index (χ1n) is 7.98. The SMILES string of the molecule is CC(=O)[C@@H](OCc1ccccc1)[C@H](O)c1cccc2ccccc12. The van der Waals surface area contributed by atoms with Gasteiger partial charge in [-0.1, -0.05) is 72.8 Å². The van der Waals surface area contributed by atoms with Gasteiger partial charge in [-0.2, -0.15) is 0 Å². The lowest BCUT2D eigenvalue weighted by Gasteiger charge is -2.22. The van der Waals surface area contributed by atoms with Crippen molar-refractivity contribution in [1.82, 2.24) is 0 Å². The summed E-state index contributed by atoms with van der Waals surface area (Å²) in [5, 5.41) is 12.7. The molecule has 0 spiro atoms. The van der Waals surface area contributed by atoms with Crippen molar-refractivity contribution in [2.24, 2.45) is 0 Å². The van der Waals surface area contributed by atoms with E-state index in [2.05, 4.69) is 0 Å². The number of fused-ring (bicyclic) bond motifs is 1. The van der Waals surface area contributed by atoms with Crippen molar-refractivity contribution in [3.63, 3.8) is 0 Å². The second-order valence-electron chi connectivity index (χ2n) is 5.84. The Bertz CT molecular complexity index is 821. The van der Waals surface area contributed by atoms with Crippen molar-refractivity contribution >= 4 is 16.6 Å². The molecule has 24 heavy (non-hydrogen) atoms. The minimum Gasteiger partial charge on any atom is -0.385 e. The summed E-state index contributed by atoms with van der Waals surface area (Å²) in [6.07, 6.45) is -1.90. The van der Waals surface area contributed by atoms with Crippen LogP contribution in [0.3, 0.4) is 0 Å². The quantitative estimate of drug-likeness (QED) is 0.745. The second kappa shape index (κ2) is 7.39. The highest BCUT2D eigenvalue weighted by atomic mass is 16.5. The Balaban J connectivity index is 1.86. The van der Waals surface area contributed by atoms with Gasteiger partial charge in [0.25, 0.3) is 0 Å². The van der Waals surface area contributed by atoms with Gasteiger partial charge in [0.05, 0.1) is 6.61 Å². The van der Waals surface area contributed by atoms with Gasteiger partial charge in [0.15, 0.2) is 5.78 Å². The molecule has 0 saturated heterocycles. The molecule has 0 fully saturated rings. The fourth-order valence-corrected chi connectivity index (χ4v) is 2.86. The maximum Gasteiger partial charge on any atom is 0.161 e. The molecular weight excluding hydrogens is 300 g/mol. The Morgan fingerprint density at radius 1 is 0.958 bits per heavy atom. The lowest BCUT2D eigenvalue weighted by atomic mass is 9.96. The zero-order valence-electron chi connectivity index (χ0n) is 13.6. The molecule has 0 amide bonds. The number of ketones is 1. The maximum atomic E-state index is 12.0. The fourth-order valence-electron chi connectivity index (χ4n) is 2.86. The Morgan fingerprint density at radius 3 is 2.38 bits per heavy atom. The van der Waals surface area contributed by atoms with Crippen molar-refractivity contribution in [2.45, 2.75) is 25.7 Å². The summed E-state index contributed by atoms with van der Waals surface area (Å²) >= 11 is 0. The predicted molar refractivity (Wildman–Crippen MR) is 94.6 cm³/mol. The van der Waals surface area contributed by atoms with Gasteiger partial charge in [0.2, 0.25) is 0 Å². The fraction of sp³-hybridized carbons (Fsp3) is 0.190. The summed E-state index contributed by atoms with van der Waals surface area (Å²) in [4.78, 5) is 12.0. The third-order valence-corrected chi connectivity index (χ3v) is 4.10. The minimum absolute atomic E-state index is 0.189. The van der Waals surface area contributed by atoms with Crippen molar-refractivity contribution in [3.05, 3.63) is 83.9 Å². The number of aliphatic hydroxyl groups excluding tert-OH is 1. The molecule has 3 rings (SSSR count). The standard InChI is InChI=1S/C21H20O3/c1-15(22)21(24-14-16-8-3-2-4-9-16)20(23)19-13-7-11-17-10-5-6-12-18(17)19/h2-13,20-21,23H,14H2,1H3/t20-,21-/m1/s1. The number of aliphatic hydroxyl groups is 1. The number of hydrogen-bond acceptors (Lipinski definition) is 3. The van der Waals surface area contributed by atoms with Crippen LogP contribution in [0.2, 0.25) is 0 Å². The molecular formula is C21H20O3.